The fourth-order valence-electron chi connectivity index (χ4n) is 4.47. The molecule has 0 saturated carbocycles. The molecule has 6 aromatic rings. The summed E-state index contributed by atoms with van der Waals surface area (Å²) in [6.07, 6.45) is 1.04. The van der Waals surface area contributed by atoms with Gasteiger partial charge in [-0.15, -0.1) is 0 Å². The molecular formula is C33H28N4S2. The quantitative estimate of drug-likeness (QED) is 0.133. The molecule has 0 radical (unpaired) electrons. The Bertz CT molecular complexity index is 1380. The van der Waals surface area contributed by atoms with Crippen LogP contribution in [0.15, 0.2) is 132 Å². The van der Waals surface area contributed by atoms with Gasteiger partial charge in [0.25, 0.3) is 0 Å². The fourth-order valence-corrected chi connectivity index (χ4v) is 6.28. The Labute approximate surface area is 237 Å². The van der Waals surface area contributed by atoms with E-state index in [1.807, 2.05) is 24.3 Å². The van der Waals surface area contributed by atoms with E-state index in [0.717, 1.165) is 73.3 Å². The Morgan fingerprint density at radius 2 is 0.769 bits per heavy atom. The van der Waals surface area contributed by atoms with Gasteiger partial charge in [-0.2, -0.15) is 0 Å². The molecule has 0 fully saturated rings. The second kappa shape index (κ2) is 12.2. The van der Waals surface area contributed by atoms with Gasteiger partial charge in [-0.25, -0.2) is 9.97 Å². The molecule has 6 rings (SSSR count). The highest BCUT2D eigenvalue weighted by molar-refractivity contribution is 8.00. The summed E-state index contributed by atoms with van der Waals surface area (Å²) in [5, 5.41) is 1.90. The highest BCUT2D eigenvalue weighted by Crippen LogP contribution is 2.34. The third kappa shape index (κ3) is 6.03. The van der Waals surface area contributed by atoms with E-state index in [1.54, 1.807) is 23.5 Å². The molecule has 192 valence electrons. The van der Waals surface area contributed by atoms with Crippen molar-refractivity contribution in [3.05, 3.63) is 121 Å². The van der Waals surface area contributed by atoms with Gasteiger partial charge in [0.05, 0.1) is 22.8 Å². The predicted octanol–water partition coefficient (Wildman–Crippen LogP) is 9.08. The Morgan fingerprint density at radius 1 is 0.436 bits per heavy atom. The average molecular weight is 545 g/mol. The van der Waals surface area contributed by atoms with Gasteiger partial charge in [-0.05, 0) is 6.42 Å². The van der Waals surface area contributed by atoms with Crippen LogP contribution in [0, 0.1) is 0 Å². The van der Waals surface area contributed by atoms with E-state index in [-0.39, 0.29) is 0 Å². The summed E-state index contributed by atoms with van der Waals surface area (Å²) < 4.78 is 0. The molecule has 2 aromatic heterocycles. The van der Waals surface area contributed by atoms with Crippen LogP contribution >= 0.6 is 23.5 Å². The minimum Gasteiger partial charge on any atom is -0.332 e. The zero-order valence-electron chi connectivity index (χ0n) is 21.4. The van der Waals surface area contributed by atoms with E-state index in [1.165, 1.54) is 0 Å². The van der Waals surface area contributed by atoms with Crippen molar-refractivity contribution in [2.75, 3.05) is 11.5 Å². The number of nitrogens with one attached hydrogen (secondary N) is 2. The van der Waals surface area contributed by atoms with Crippen LogP contribution in [-0.4, -0.2) is 31.4 Å². The Hall–Kier alpha value is -4.00. The minimum absolute atomic E-state index is 0.952. The van der Waals surface area contributed by atoms with Crippen LogP contribution in [0.1, 0.15) is 6.42 Å². The monoisotopic (exact) mass is 544 g/mol. The van der Waals surface area contributed by atoms with Gasteiger partial charge in [0.2, 0.25) is 0 Å². The molecule has 0 atom stereocenters. The number of rotatable bonds is 10. The van der Waals surface area contributed by atoms with Crippen LogP contribution < -0.4 is 0 Å². The highest BCUT2D eigenvalue weighted by atomic mass is 32.2. The highest BCUT2D eigenvalue weighted by Gasteiger charge is 2.16. The Kier molecular flexibility index (Phi) is 7.94. The summed E-state index contributed by atoms with van der Waals surface area (Å²) in [6.45, 7) is 0. The number of nitrogens with zero attached hydrogens (tertiary/aromatic N) is 2. The van der Waals surface area contributed by atoms with Crippen molar-refractivity contribution >= 4 is 23.5 Å². The largest absolute Gasteiger partial charge is 0.332 e. The molecule has 0 aliphatic rings. The third-order valence-electron chi connectivity index (χ3n) is 6.35. The van der Waals surface area contributed by atoms with Crippen LogP contribution in [0.2, 0.25) is 0 Å². The molecule has 6 heteroatoms. The zero-order valence-corrected chi connectivity index (χ0v) is 23.0. The first-order chi connectivity index (χ1) is 19.3. The maximum Gasteiger partial charge on any atom is 0.166 e. The van der Waals surface area contributed by atoms with Gasteiger partial charge >= 0.3 is 0 Å². The molecule has 2 N–H and O–H groups in total. The summed E-state index contributed by atoms with van der Waals surface area (Å²) in [5.41, 5.74) is 8.66. The molecule has 2 heterocycles. The molecule has 0 amide bonds. The van der Waals surface area contributed by atoms with Gasteiger partial charge < -0.3 is 9.97 Å². The first-order valence-corrected chi connectivity index (χ1v) is 15.0. The van der Waals surface area contributed by atoms with Crippen molar-refractivity contribution < 1.29 is 0 Å². The molecule has 0 spiro atoms. The standard InChI is InChI=1S/C33H28N4S2/c1-5-14-24(15-6-1)28-29(25-16-7-2-8-17-25)35-32(34-28)38-22-13-23-39-33-36-30(26-18-9-3-10-19-26)31(37-33)27-20-11-4-12-21-27/h1-12,14-21H,13,22-23H2,(H,34,35)(H,36,37). The summed E-state index contributed by atoms with van der Waals surface area (Å²) in [7, 11) is 0. The van der Waals surface area contributed by atoms with Crippen LogP contribution in [0.4, 0.5) is 0 Å². The van der Waals surface area contributed by atoms with Crippen molar-refractivity contribution in [3.8, 4) is 45.0 Å². The summed E-state index contributed by atoms with van der Waals surface area (Å²) >= 11 is 3.54. The van der Waals surface area contributed by atoms with Gasteiger partial charge in [0.15, 0.2) is 10.3 Å². The topological polar surface area (TPSA) is 57.4 Å². The molecule has 4 aromatic carbocycles. The van der Waals surface area contributed by atoms with Crippen molar-refractivity contribution in [2.45, 2.75) is 16.7 Å². The molecule has 0 bridgehead atoms. The Balaban J connectivity index is 1.12. The van der Waals surface area contributed by atoms with Crippen molar-refractivity contribution in [2.24, 2.45) is 0 Å². The number of aromatic nitrogens is 4. The third-order valence-corrected chi connectivity index (χ3v) is 8.27. The van der Waals surface area contributed by atoms with E-state index in [2.05, 4.69) is 107 Å². The SMILES string of the molecule is c1ccc(-c2nc(SCCCSc3nc(-c4ccccc4)c(-c4ccccc4)[nH]3)[nH]c2-c2ccccc2)cc1. The van der Waals surface area contributed by atoms with E-state index < -0.39 is 0 Å². The zero-order chi connectivity index (χ0) is 26.3. The van der Waals surface area contributed by atoms with E-state index in [9.17, 15) is 0 Å². The van der Waals surface area contributed by atoms with Gasteiger partial charge in [0, 0.05) is 33.8 Å². The lowest BCUT2D eigenvalue weighted by molar-refractivity contribution is 1.03. The summed E-state index contributed by atoms with van der Waals surface area (Å²) in [6, 6.07) is 41.6. The maximum atomic E-state index is 4.98. The Morgan fingerprint density at radius 3 is 1.13 bits per heavy atom. The number of imidazole rings is 2. The van der Waals surface area contributed by atoms with Crippen molar-refractivity contribution in [1.29, 1.82) is 0 Å². The first kappa shape index (κ1) is 25.3. The average Bonchev–Trinajstić information content (AvgIpc) is 3.64. The lowest BCUT2D eigenvalue weighted by Crippen LogP contribution is -1.87. The van der Waals surface area contributed by atoms with Gasteiger partial charge in [-0.3, -0.25) is 0 Å². The lowest BCUT2D eigenvalue weighted by Gasteiger charge is -2.02. The van der Waals surface area contributed by atoms with Gasteiger partial charge in [0.1, 0.15) is 0 Å². The normalized spacial score (nSPS) is 11.1. The molecule has 39 heavy (non-hydrogen) atoms. The molecule has 0 unspecified atom stereocenters. The van der Waals surface area contributed by atoms with Crippen LogP contribution in [0.3, 0.4) is 0 Å². The van der Waals surface area contributed by atoms with E-state index >= 15 is 0 Å². The minimum atomic E-state index is 0.952. The second-order valence-corrected chi connectivity index (χ2v) is 11.2. The molecule has 0 saturated heterocycles. The molecule has 4 nitrogen and oxygen atoms in total. The first-order valence-electron chi connectivity index (χ1n) is 13.0. The maximum absolute atomic E-state index is 4.98. The number of hydrogen-bond donors (Lipinski definition) is 2. The predicted molar refractivity (Wildman–Crippen MR) is 165 cm³/mol. The molecular weight excluding hydrogens is 517 g/mol. The number of benzene rings is 4. The smallest absolute Gasteiger partial charge is 0.166 e. The van der Waals surface area contributed by atoms with Crippen molar-refractivity contribution in [3.63, 3.8) is 0 Å². The number of thioether (sulfide) groups is 2. The fraction of sp³-hybridized carbons (Fsp3) is 0.0909. The summed E-state index contributed by atoms with van der Waals surface area (Å²) in [4.78, 5) is 17.1. The van der Waals surface area contributed by atoms with Gasteiger partial charge in [-0.1, -0.05) is 145 Å². The van der Waals surface area contributed by atoms with Crippen LogP contribution in [-0.2, 0) is 0 Å². The van der Waals surface area contributed by atoms with Crippen molar-refractivity contribution in [1.82, 2.24) is 19.9 Å². The lowest BCUT2D eigenvalue weighted by atomic mass is 10.1. The molecule has 0 aliphatic heterocycles. The van der Waals surface area contributed by atoms with Crippen LogP contribution in [0.25, 0.3) is 45.0 Å². The summed E-state index contributed by atoms with van der Waals surface area (Å²) in [5.74, 6) is 1.95. The number of hydrogen-bond acceptors (Lipinski definition) is 4. The number of H-pyrrole nitrogens is 2. The van der Waals surface area contributed by atoms with Crippen LogP contribution in [0.5, 0.6) is 0 Å². The molecule has 0 aliphatic carbocycles. The van der Waals surface area contributed by atoms with E-state index in [0.29, 0.717) is 0 Å². The second-order valence-electron chi connectivity index (χ2n) is 9.05. The number of aromatic amines is 2. The van der Waals surface area contributed by atoms with E-state index in [4.69, 9.17) is 9.97 Å².